The van der Waals surface area contributed by atoms with Crippen LogP contribution in [0.25, 0.3) is 0 Å². The van der Waals surface area contributed by atoms with Gasteiger partial charge in [-0.05, 0) is 43.6 Å². The van der Waals surface area contributed by atoms with E-state index in [4.69, 9.17) is 32.7 Å². The summed E-state index contributed by atoms with van der Waals surface area (Å²) in [6.45, 7) is 3.79. The van der Waals surface area contributed by atoms with E-state index in [1.807, 2.05) is 17.0 Å². The Hall–Kier alpha value is -0.560. The summed E-state index contributed by atoms with van der Waals surface area (Å²) >= 11 is 12.1. The average molecular weight is 424 g/mol. The third-order valence-corrected chi connectivity index (χ3v) is 5.84. The summed E-state index contributed by atoms with van der Waals surface area (Å²) in [7, 11) is 1.66. The molecule has 1 atom stereocenters. The highest BCUT2D eigenvalue weighted by Crippen LogP contribution is 2.34. The Morgan fingerprint density at radius 2 is 2.08 bits per heavy atom. The van der Waals surface area contributed by atoms with Gasteiger partial charge in [0.1, 0.15) is 6.10 Å². The summed E-state index contributed by atoms with van der Waals surface area (Å²) in [6, 6.07) is 5.49. The van der Waals surface area contributed by atoms with Crippen molar-refractivity contribution in [3.05, 3.63) is 33.8 Å². The SMILES string of the molecule is COCC1(C(=O)N2CCOC(c3ccc(Cl)c(Cl)c3)C2)CCNCC1.Cl. The predicted molar refractivity (Wildman–Crippen MR) is 105 cm³/mol. The quantitative estimate of drug-likeness (QED) is 0.807. The van der Waals surface area contributed by atoms with E-state index >= 15 is 0 Å². The van der Waals surface area contributed by atoms with Gasteiger partial charge in [-0.1, -0.05) is 29.3 Å². The fraction of sp³-hybridized carbons (Fsp3) is 0.611. The molecule has 3 rings (SSSR count). The number of nitrogens with one attached hydrogen (secondary N) is 1. The van der Waals surface area contributed by atoms with Crippen LogP contribution in [0.5, 0.6) is 0 Å². The Morgan fingerprint density at radius 3 is 2.73 bits per heavy atom. The molecule has 0 saturated carbocycles. The highest BCUT2D eigenvalue weighted by molar-refractivity contribution is 6.42. The molecular formula is C18H25Cl3N2O3. The summed E-state index contributed by atoms with van der Waals surface area (Å²) < 4.78 is 11.3. The first-order valence-electron chi connectivity index (χ1n) is 8.61. The monoisotopic (exact) mass is 422 g/mol. The molecule has 2 saturated heterocycles. The van der Waals surface area contributed by atoms with Crippen LogP contribution in [0, 0.1) is 5.41 Å². The molecule has 146 valence electrons. The summed E-state index contributed by atoms with van der Waals surface area (Å²) in [6.07, 6.45) is 1.41. The largest absolute Gasteiger partial charge is 0.384 e. The lowest BCUT2D eigenvalue weighted by Crippen LogP contribution is -2.54. The first-order chi connectivity index (χ1) is 12.1. The number of nitrogens with zero attached hydrogens (tertiary/aromatic N) is 1. The molecule has 1 aromatic rings. The molecule has 5 nitrogen and oxygen atoms in total. The molecule has 2 aliphatic heterocycles. The van der Waals surface area contributed by atoms with Gasteiger partial charge in [-0.15, -0.1) is 12.4 Å². The summed E-state index contributed by atoms with van der Waals surface area (Å²) in [5, 5.41) is 4.34. The van der Waals surface area contributed by atoms with Gasteiger partial charge in [-0.25, -0.2) is 0 Å². The van der Waals surface area contributed by atoms with Crippen molar-refractivity contribution in [1.82, 2.24) is 10.2 Å². The molecule has 1 N–H and O–H groups in total. The zero-order chi connectivity index (χ0) is 17.9. The van der Waals surface area contributed by atoms with Crippen LogP contribution >= 0.6 is 35.6 Å². The molecule has 26 heavy (non-hydrogen) atoms. The zero-order valence-electron chi connectivity index (χ0n) is 14.8. The van der Waals surface area contributed by atoms with E-state index in [2.05, 4.69) is 5.32 Å². The second kappa shape index (κ2) is 9.58. The van der Waals surface area contributed by atoms with E-state index < -0.39 is 5.41 Å². The molecule has 0 aliphatic carbocycles. The number of piperidine rings is 1. The third kappa shape index (κ3) is 4.64. The van der Waals surface area contributed by atoms with Crippen molar-refractivity contribution in [2.24, 2.45) is 5.41 Å². The molecule has 0 spiro atoms. The minimum atomic E-state index is -0.431. The van der Waals surface area contributed by atoms with E-state index in [0.717, 1.165) is 31.5 Å². The molecular weight excluding hydrogens is 399 g/mol. The number of rotatable bonds is 4. The smallest absolute Gasteiger partial charge is 0.231 e. The lowest BCUT2D eigenvalue weighted by Gasteiger charge is -2.42. The van der Waals surface area contributed by atoms with Gasteiger partial charge in [0, 0.05) is 13.7 Å². The van der Waals surface area contributed by atoms with Crippen LogP contribution < -0.4 is 5.32 Å². The number of benzene rings is 1. The number of methoxy groups -OCH3 is 1. The maximum atomic E-state index is 13.3. The van der Waals surface area contributed by atoms with Crippen molar-refractivity contribution in [2.75, 3.05) is 46.5 Å². The van der Waals surface area contributed by atoms with Crippen molar-refractivity contribution in [3.63, 3.8) is 0 Å². The predicted octanol–water partition coefficient (Wildman–Crippen LogP) is 3.33. The Labute approximate surface area is 170 Å². The zero-order valence-corrected chi connectivity index (χ0v) is 17.1. The molecule has 0 aromatic heterocycles. The van der Waals surface area contributed by atoms with Crippen LogP contribution in [0.2, 0.25) is 10.0 Å². The summed E-state index contributed by atoms with van der Waals surface area (Å²) in [5.41, 5.74) is 0.512. The first kappa shape index (κ1) is 21.7. The second-order valence-electron chi connectivity index (χ2n) is 6.75. The van der Waals surface area contributed by atoms with Crippen LogP contribution in [-0.2, 0) is 14.3 Å². The number of carbonyl (C=O) groups is 1. The van der Waals surface area contributed by atoms with E-state index in [9.17, 15) is 4.79 Å². The van der Waals surface area contributed by atoms with Crippen LogP contribution in [0.1, 0.15) is 24.5 Å². The number of hydrogen-bond donors (Lipinski definition) is 1. The normalized spacial score (nSPS) is 22.6. The topological polar surface area (TPSA) is 50.8 Å². The number of morpholine rings is 1. The fourth-order valence-corrected chi connectivity index (χ4v) is 3.99. The maximum Gasteiger partial charge on any atom is 0.231 e. The lowest BCUT2D eigenvalue weighted by molar-refractivity contribution is -0.155. The molecule has 0 radical (unpaired) electrons. The summed E-state index contributed by atoms with van der Waals surface area (Å²) in [4.78, 5) is 15.2. The van der Waals surface area contributed by atoms with Crippen LogP contribution in [0.15, 0.2) is 18.2 Å². The molecule has 0 bridgehead atoms. The first-order valence-corrected chi connectivity index (χ1v) is 9.37. The number of hydrogen-bond acceptors (Lipinski definition) is 4. The van der Waals surface area contributed by atoms with Gasteiger partial charge < -0.3 is 19.7 Å². The van der Waals surface area contributed by atoms with E-state index in [0.29, 0.717) is 36.3 Å². The second-order valence-corrected chi connectivity index (χ2v) is 7.56. The van der Waals surface area contributed by atoms with Crippen molar-refractivity contribution < 1.29 is 14.3 Å². The van der Waals surface area contributed by atoms with Gasteiger partial charge in [-0.3, -0.25) is 4.79 Å². The van der Waals surface area contributed by atoms with Gasteiger partial charge in [-0.2, -0.15) is 0 Å². The van der Waals surface area contributed by atoms with Gasteiger partial charge in [0.25, 0.3) is 0 Å². The van der Waals surface area contributed by atoms with Crippen molar-refractivity contribution in [2.45, 2.75) is 18.9 Å². The maximum absolute atomic E-state index is 13.3. The number of carbonyl (C=O) groups excluding carboxylic acids is 1. The summed E-state index contributed by atoms with van der Waals surface area (Å²) in [5.74, 6) is 0.171. The molecule has 2 heterocycles. The van der Waals surface area contributed by atoms with Crippen LogP contribution in [0.3, 0.4) is 0 Å². The van der Waals surface area contributed by atoms with E-state index in [1.54, 1.807) is 13.2 Å². The minimum Gasteiger partial charge on any atom is -0.384 e. The number of amides is 1. The van der Waals surface area contributed by atoms with Crippen LogP contribution in [-0.4, -0.2) is 57.3 Å². The van der Waals surface area contributed by atoms with Crippen molar-refractivity contribution in [3.8, 4) is 0 Å². The van der Waals surface area contributed by atoms with Gasteiger partial charge in [0.15, 0.2) is 0 Å². The van der Waals surface area contributed by atoms with E-state index in [-0.39, 0.29) is 24.4 Å². The van der Waals surface area contributed by atoms with Gasteiger partial charge in [0.05, 0.1) is 35.2 Å². The van der Waals surface area contributed by atoms with Crippen LogP contribution in [0.4, 0.5) is 0 Å². The molecule has 1 amide bonds. The van der Waals surface area contributed by atoms with Gasteiger partial charge >= 0.3 is 0 Å². The molecule has 2 fully saturated rings. The number of halogens is 3. The fourth-order valence-electron chi connectivity index (χ4n) is 3.69. The van der Waals surface area contributed by atoms with E-state index in [1.165, 1.54) is 0 Å². The standard InChI is InChI=1S/C18H24Cl2N2O3.ClH/c1-24-12-18(4-6-21-7-5-18)17(23)22-8-9-25-16(11-22)13-2-3-14(19)15(20)10-13;/h2-3,10,16,21H,4-9,11-12H2,1H3;1H. The lowest BCUT2D eigenvalue weighted by atomic mass is 9.78. The van der Waals surface area contributed by atoms with Gasteiger partial charge in [0.2, 0.25) is 5.91 Å². The van der Waals surface area contributed by atoms with Crippen molar-refractivity contribution in [1.29, 1.82) is 0 Å². The molecule has 8 heteroatoms. The Balaban J connectivity index is 0.00000243. The minimum absolute atomic E-state index is 0. The van der Waals surface area contributed by atoms with Crippen molar-refractivity contribution >= 4 is 41.5 Å². The molecule has 1 unspecified atom stereocenters. The average Bonchev–Trinajstić information content (AvgIpc) is 2.64. The Kier molecular flexibility index (Phi) is 8.01. The molecule has 2 aliphatic rings. The highest BCUT2D eigenvalue weighted by Gasteiger charge is 2.43. The Bertz CT molecular complexity index is 618. The highest BCUT2D eigenvalue weighted by atomic mass is 35.5. The Morgan fingerprint density at radius 1 is 1.35 bits per heavy atom. The third-order valence-electron chi connectivity index (χ3n) is 5.10. The number of ether oxygens (including phenoxy) is 2. The molecule has 1 aromatic carbocycles.